The molecule has 0 bridgehead atoms. The maximum Gasteiger partial charge on any atom is 0.257 e. The second-order valence-electron chi connectivity index (χ2n) is 10.3. The Balaban J connectivity index is 1.67. The predicted molar refractivity (Wildman–Crippen MR) is 141 cm³/mol. The third-order valence-electron chi connectivity index (χ3n) is 8.55. The quantitative estimate of drug-likeness (QED) is 0.398. The van der Waals surface area contributed by atoms with Crippen molar-refractivity contribution in [2.45, 2.75) is 64.8 Å². The Morgan fingerprint density at radius 1 is 1.32 bits per heavy atom. The van der Waals surface area contributed by atoms with E-state index in [-0.39, 0.29) is 42.3 Å². The fraction of sp³-hybridized carbons (Fsp3) is 0.464. The normalized spacial score (nSPS) is 21.5. The topological polar surface area (TPSA) is 84.7 Å². The van der Waals surface area contributed by atoms with E-state index in [2.05, 4.69) is 12.6 Å². The van der Waals surface area contributed by atoms with Crippen molar-refractivity contribution in [2.24, 2.45) is 0 Å². The number of nitrogens with zero attached hydrogens (tertiary/aromatic N) is 3. The molecule has 6 rings (SSSR count). The van der Waals surface area contributed by atoms with Crippen LogP contribution in [0.3, 0.4) is 0 Å². The van der Waals surface area contributed by atoms with E-state index < -0.39 is 5.60 Å². The number of fused-ring (bicyclic) bond motifs is 5. The summed E-state index contributed by atoms with van der Waals surface area (Å²) in [6.45, 7) is 6.68. The predicted octanol–water partition coefficient (Wildman–Crippen LogP) is 3.77. The Labute approximate surface area is 219 Å². The van der Waals surface area contributed by atoms with E-state index in [1.54, 1.807) is 11.5 Å². The second-order valence-corrected chi connectivity index (χ2v) is 10.6. The van der Waals surface area contributed by atoms with Crippen molar-refractivity contribution in [3.63, 3.8) is 0 Å². The van der Waals surface area contributed by atoms with E-state index in [0.29, 0.717) is 65.9 Å². The number of aliphatic hydroxyl groups is 1. The number of carbonyl (C=O) groups excluding carboxylic acids is 1. The highest BCUT2D eigenvalue weighted by molar-refractivity contribution is 7.81. The molecule has 7 nitrogen and oxygen atoms in total. The van der Waals surface area contributed by atoms with Crippen molar-refractivity contribution in [1.82, 2.24) is 14.5 Å². The first-order valence-corrected chi connectivity index (χ1v) is 13.5. The summed E-state index contributed by atoms with van der Waals surface area (Å²) in [7, 11) is 0. The van der Waals surface area contributed by atoms with Crippen LogP contribution in [-0.2, 0) is 34.7 Å². The monoisotopic (exact) mass is 523 g/mol. The van der Waals surface area contributed by atoms with Crippen LogP contribution >= 0.6 is 12.6 Å². The molecule has 2 aliphatic heterocycles. The summed E-state index contributed by atoms with van der Waals surface area (Å²) in [6, 6.07) is 3.10. The molecule has 2 aromatic heterocycles. The number of hydrogen-bond acceptors (Lipinski definition) is 6. The Morgan fingerprint density at radius 2 is 2.11 bits per heavy atom. The molecule has 9 heteroatoms. The number of aryl methyl sites for hydroxylation is 1. The molecule has 194 valence electrons. The van der Waals surface area contributed by atoms with Gasteiger partial charge in [0.05, 0.1) is 48.5 Å². The Hall–Kier alpha value is -2.75. The molecule has 0 fully saturated rings. The fourth-order valence-electron chi connectivity index (χ4n) is 6.54. The average molecular weight is 524 g/mol. The molecular weight excluding hydrogens is 493 g/mol. The number of pyridine rings is 2. The van der Waals surface area contributed by atoms with Crippen molar-refractivity contribution < 1.29 is 19.0 Å². The number of rotatable bonds is 4. The largest absolute Gasteiger partial charge is 0.383 e. The molecule has 4 heterocycles. The van der Waals surface area contributed by atoms with E-state index >= 15 is 4.39 Å². The van der Waals surface area contributed by atoms with E-state index in [4.69, 9.17) is 9.72 Å². The number of carbonyl (C=O) groups is 1. The minimum atomic E-state index is -1.26. The molecule has 3 aromatic rings. The van der Waals surface area contributed by atoms with E-state index in [1.807, 2.05) is 24.8 Å². The summed E-state index contributed by atoms with van der Waals surface area (Å²) in [5, 5.41) is 12.1. The second kappa shape index (κ2) is 8.64. The van der Waals surface area contributed by atoms with Crippen molar-refractivity contribution in [3.05, 3.63) is 61.7 Å². The minimum absolute atomic E-state index is 0.0647. The van der Waals surface area contributed by atoms with Crippen LogP contribution < -0.4 is 5.56 Å². The van der Waals surface area contributed by atoms with E-state index in [9.17, 15) is 14.7 Å². The Morgan fingerprint density at radius 3 is 2.81 bits per heavy atom. The van der Waals surface area contributed by atoms with Gasteiger partial charge in [-0.1, -0.05) is 6.92 Å². The van der Waals surface area contributed by atoms with Gasteiger partial charge in [-0.2, -0.15) is 12.6 Å². The standard InChI is InChI=1S/C28H30FN3O4S/c1-4-28(35)13-36-11-17-18(28)8-22-26-16(10-32(22)27(17)34)25-21(31(5-2)23(33)12-37)7-6-15-14(3)19(29)9-20(30-26)24(15)25/h8-9,21,35,37H,4-7,10-13H2,1-3H3/t21-,28+/m0/s1. The molecule has 1 aromatic carbocycles. The van der Waals surface area contributed by atoms with Crippen LogP contribution in [0.4, 0.5) is 4.39 Å². The van der Waals surface area contributed by atoms with Gasteiger partial charge in [-0.25, -0.2) is 9.37 Å². The van der Waals surface area contributed by atoms with Crippen LogP contribution in [0, 0.1) is 12.7 Å². The summed E-state index contributed by atoms with van der Waals surface area (Å²) >= 11 is 4.25. The lowest BCUT2D eigenvalue weighted by Crippen LogP contribution is -2.40. The van der Waals surface area contributed by atoms with E-state index in [0.717, 1.165) is 22.1 Å². The number of halogens is 1. The maximum absolute atomic E-state index is 15.0. The molecule has 0 saturated heterocycles. The summed E-state index contributed by atoms with van der Waals surface area (Å²) in [6.07, 6.45) is 1.69. The summed E-state index contributed by atoms with van der Waals surface area (Å²) in [5.74, 6) is -0.278. The summed E-state index contributed by atoms with van der Waals surface area (Å²) in [4.78, 5) is 33.4. The van der Waals surface area contributed by atoms with Crippen molar-refractivity contribution in [3.8, 4) is 11.4 Å². The zero-order valence-corrected chi connectivity index (χ0v) is 22.1. The SMILES string of the molecule is CCN(C(=O)CS)[C@H]1CCc2c(C)c(F)cc3nc4c(c1c23)Cn1c-4cc2c(c1=O)COC[C@]2(O)CC. The van der Waals surface area contributed by atoms with Crippen LogP contribution in [0.5, 0.6) is 0 Å². The molecule has 1 aliphatic carbocycles. The van der Waals surface area contributed by atoms with Gasteiger partial charge in [-0.15, -0.1) is 0 Å². The highest BCUT2D eigenvalue weighted by Crippen LogP contribution is 2.47. The van der Waals surface area contributed by atoms with Crippen molar-refractivity contribution in [1.29, 1.82) is 0 Å². The highest BCUT2D eigenvalue weighted by atomic mass is 32.1. The molecule has 0 radical (unpaired) electrons. The first kappa shape index (κ1) is 24.6. The first-order chi connectivity index (χ1) is 17.7. The van der Waals surface area contributed by atoms with Gasteiger partial charge in [0.1, 0.15) is 11.4 Å². The maximum atomic E-state index is 15.0. The molecule has 1 amide bonds. The molecule has 0 spiro atoms. The van der Waals surface area contributed by atoms with Gasteiger partial charge in [0.2, 0.25) is 5.91 Å². The van der Waals surface area contributed by atoms with Crippen LogP contribution in [0.15, 0.2) is 16.9 Å². The van der Waals surface area contributed by atoms with Gasteiger partial charge < -0.3 is 19.3 Å². The molecule has 3 aliphatic rings. The van der Waals surface area contributed by atoms with Gasteiger partial charge in [0.25, 0.3) is 5.56 Å². The summed E-state index contributed by atoms with van der Waals surface area (Å²) in [5.41, 5.74) is 4.68. The third-order valence-corrected chi connectivity index (χ3v) is 8.82. The molecule has 0 unspecified atom stereocenters. The highest BCUT2D eigenvalue weighted by Gasteiger charge is 2.40. The van der Waals surface area contributed by atoms with Crippen molar-refractivity contribution >= 4 is 29.4 Å². The zero-order valence-electron chi connectivity index (χ0n) is 21.2. The van der Waals surface area contributed by atoms with E-state index in [1.165, 1.54) is 6.07 Å². The van der Waals surface area contributed by atoms with Crippen LogP contribution in [0.1, 0.15) is 66.1 Å². The zero-order chi connectivity index (χ0) is 26.2. The number of ether oxygens (including phenoxy) is 1. The Kier molecular flexibility index (Phi) is 5.74. The van der Waals surface area contributed by atoms with Gasteiger partial charge in [0.15, 0.2) is 0 Å². The number of aromatic nitrogens is 2. The number of amides is 1. The lowest BCUT2D eigenvalue weighted by molar-refractivity contribution is -0.130. The van der Waals surface area contributed by atoms with Crippen molar-refractivity contribution in [2.75, 3.05) is 18.9 Å². The molecular formula is C28H30FN3O4S. The summed E-state index contributed by atoms with van der Waals surface area (Å²) < 4.78 is 22.3. The number of benzene rings is 1. The first-order valence-electron chi connectivity index (χ1n) is 12.9. The van der Waals surface area contributed by atoms with Gasteiger partial charge in [-0.3, -0.25) is 9.59 Å². The number of thiol groups is 1. The lowest BCUT2D eigenvalue weighted by atomic mass is 9.81. The lowest BCUT2D eigenvalue weighted by Gasteiger charge is -2.36. The van der Waals surface area contributed by atoms with Crippen LogP contribution in [-0.4, -0.2) is 44.4 Å². The molecule has 2 atom stereocenters. The third kappa shape index (κ3) is 3.36. The molecule has 0 saturated carbocycles. The van der Waals surface area contributed by atoms with Gasteiger partial charge in [-0.05, 0) is 61.4 Å². The minimum Gasteiger partial charge on any atom is -0.383 e. The Bertz CT molecular complexity index is 1550. The van der Waals surface area contributed by atoms with Crippen LogP contribution in [0.25, 0.3) is 22.3 Å². The fourth-order valence-corrected chi connectivity index (χ4v) is 6.72. The van der Waals surface area contributed by atoms with Gasteiger partial charge >= 0.3 is 0 Å². The molecule has 1 N–H and O–H groups in total. The number of hydrogen-bond donors (Lipinski definition) is 2. The molecule has 37 heavy (non-hydrogen) atoms. The smallest absolute Gasteiger partial charge is 0.257 e. The van der Waals surface area contributed by atoms with Crippen LogP contribution in [0.2, 0.25) is 0 Å². The van der Waals surface area contributed by atoms with Gasteiger partial charge in [0, 0.05) is 29.1 Å². The average Bonchev–Trinajstić information content (AvgIpc) is 3.27.